The van der Waals surface area contributed by atoms with Gasteiger partial charge >= 0.3 is 0 Å². The molecule has 0 bridgehead atoms. The van der Waals surface area contributed by atoms with Crippen molar-refractivity contribution in [3.8, 4) is 0 Å². The molecule has 2 aromatic heterocycles. The van der Waals surface area contributed by atoms with Gasteiger partial charge in [0.2, 0.25) is 5.91 Å². The zero-order chi connectivity index (χ0) is 19.4. The van der Waals surface area contributed by atoms with E-state index in [0.29, 0.717) is 18.8 Å². The quantitative estimate of drug-likeness (QED) is 0.805. The van der Waals surface area contributed by atoms with Crippen molar-refractivity contribution in [2.45, 2.75) is 32.7 Å². The second kappa shape index (κ2) is 8.52. The minimum absolute atomic E-state index is 0.0144. The van der Waals surface area contributed by atoms with E-state index in [0.717, 1.165) is 43.7 Å². The Morgan fingerprint density at radius 1 is 1.37 bits per heavy atom. The zero-order valence-corrected chi connectivity index (χ0v) is 16.4. The summed E-state index contributed by atoms with van der Waals surface area (Å²) in [6, 6.07) is 5.80. The lowest BCUT2D eigenvalue weighted by molar-refractivity contribution is -0.124. The molecule has 0 spiro atoms. The molecule has 1 saturated heterocycles. The molecule has 1 N–H and O–H groups in total. The number of hydrogen-bond donors (Lipinski definition) is 1. The average Bonchev–Trinajstić information content (AvgIpc) is 3.30. The predicted molar refractivity (Wildman–Crippen MR) is 105 cm³/mol. The summed E-state index contributed by atoms with van der Waals surface area (Å²) in [6.07, 6.45) is 4.82. The molecule has 7 nitrogen and oxygen atoms in total. The maximum atomic E-state index is 13.0. The van der Waals surface area contributed by atoms with Crippen LogP contribution in [-0.2, 0) is 11.3 Å². The molecule has 1 aliphatic heterocycles. The first-order valence-corrected chi connectivity index (χ1v) is 9.70. The van der Waals surface area contributed by atoms with E-state index < -0.39 is 0 Å². The fourth-order valence-corrected chi connectivity index (χ4v) is 3.65. The molecule has 2 aromatic rings. The first-order chi connectivity index (χ1) is 13.0. The third-order valence-corrected chi connectivity index (χ3v) is 5.29. The SMILES string of the molecule is CCCCN(C)C(=O)c1nc2ccccn2c1CN1CC[C@@H](C(=O)NC)C1. The number of carbonyl (C=O) groups excluding carboxylic acids is 2. The third kappa shape index (κ3) is 4.13. The molecule has 0 saturated carbocycles. The van der Waals surface area contributed by atoms with E-state index in [1.54, 1.807) is 11.9 Å². The highest BCUT2D eigenvalue weighted by Crippen LogP contribution is 2.22. The number of aromatic nitrogens is 2. The normalized spacial score (nSPS) is 17.4. The van der Waals surface area contributed by atoms with Crippen molar-refractivity contribution in [1.82, 2.24) is 24.5 Å². The smallest absolute Gasteiger partial charge is 0.274 e. The van der Waals surface area contributed by atoms with Crippen molar-refractivity contribution in [2.24, 2.45) is 5.92 Å². The van der Waals surface area contributed by atoms with Crippen molar-refractivity contribution in [2.75, 3.05) is 33.7 Å². The second-order valence-electron chi connectivity index (χ2n) is 7.25. The molecular weight excluding hydrogens is 342 g/mol. The monoisotopic (exact) mass is 371 g/mol. The Bertz CT molecular complexity index is 816. The van der Waals surface area contributed by atoms with Gasteiger partial charge in [-0.3, -0.25) is 14.5 Å². The van der Waals surface area contributed by atoms with Crippen molar-refractivity contribution in [1.29, 1.82) is 0 Å². The van der Waals surface area contributed by atoms with Gasteiger partial charge in [-0.25, -0.2) is 4.98 Å². The molecule has 27 heavy (non-hydrogen) atoms. The van der Waals surface area contributed by atoms with Crippen LogP contribution < -0.4 is 5.32 Å². The number of nitrogens with zero attached hydrogens (tertiary/aromatic N) is 4. The van der Waals surface area contributed by atoms with Crippen molar-refractivity contribution >= 4 is 17.5 Å². The number of pyridine rings is 1. The van der Waals surface area contributed by atoms with Crippen molar-refractivity contribution in [3.05, 3.63) is 35.8 Å². The van der Waals surface area contributed by atoms with E-state index in [1.807, 2.05) is 35.8 Å². The molecule has 3 heterocycles. The molecule has 7 heteroatoms. The lowest BCUT2D eigenvalue weighted by atomic mass is 10.1. The standard InChI is InChI=1S/C20H29N5O2/c1-4-5-10-23(3)20(27)18-16(25-11-7-6-8-17(25)22-18)14-24-12-9-15(13-24)19(26)21-2/h6-8,11,15H,4-5,9-10,12-14H2,1-3H3,(H,21,26)/t15-/m1/s1. The molecule has 0 aliphatic carbocycles. The van der Waals surface area contributed by atoms with Gasteiger partial charge in [-0.1, -0.05) is 19.4 Å². The Hall–Kier alpha value is -2.41. The van der Waals surface area contributed by atoms with Crippen LogP contribution in [-0.4, -0.2) is 64.7 Å². The summed E-state index contributed by atoms with van der Waals surface area (Å²) in [7, 11) is 3.52. The van der Waals surface area contributed by atoms with Gasteiger partial charge in [-0.2, -0.15) is 0 Å². The Morgan fingerprint density at radius 2 is 2.19 bits per heavy atom. The summed E-state index contributed by atoms with van der Waals surface area (Å²) in [5.74, 6) is 0.0657. The fraction of sp³-hybridized carbons (Fsp3) is 0.550. The molecule has 1 atom stereocenters. The first-order valence-electron chi connectivity index (χ1n) is 9.70. The van der Waals surface area contributed by atoms with E-state index in [4.69, 9.17) is 0 Å². The highest BCUT2D eigenvalue weighted by Gasteiger charge is 2.30. The highest BCUT2D eigenvalue weighted by atomic mass is 16.2. The number of amides is 2. The average molecular weight is 371 g/mol. The Labute approximate surface area is 160 Å². The number of fused-ring (bicyclic) bond motifs is 1. The Balaban J connectivity index is 1.85. The number of likely N-dealkylation sites (tertiary alicyclic amines) is 1. The van der Waals surface area contributed by atoms with Crippen LogP contribution >= 0.6 is 0 Å². The minimum Gasteiger partial charge on any atom is -0.359 e. The van der Waals surface area contributed by atoms with Gasteiger partial charge < -0.3 is 14.6 Å². The van der Waals surface area contributed by atoms with E-state index in [1.165, 1.54) is 0 Å². The predicted octanol–water partition coefficient (Wildman–Crippen LogP) is 1.77. The molecule has 0 unspecified atom stereocenters. The van der Waals surface area contributed by atoms with E-state index in [2.05, 4.69) is 22.1 Å². The van der Waals surface area contributed by atoms with Crippen molar-refractivity contribution < 1.29 is 9.59 Å². The number of rotatable bonds is 7. The number of unbranched alkanes of at least 4 members (excludes halogenated alkanes) is 1. The molecule has 0 aromatic carbocycles. The van der Waals surface area contributed by atoms with Crippen LogP contribution in [0.1, 0.15) is 42.4 Å². The molecule has 1 fully saturated rings. The number of nitrogens with one attached hydrogen (secondary N) is 1. The largest absolute Gasteiger partial charge is 0.359 e. The molecule has 3 rings (SSSR count). The molecule has 0 radical (unpaired) electrons. The van der Waals surface area contributed by atoms with E-state index in [-0.39, 0.29) is 17.7 Å². The van der Waals surface area contributed by atoms with Crippen LogP contribution in [0.15, 0.2) is 24.4 Å². The lowest BCUT2D eigenvalue weighted by Gasteiger charge is -2.19. The number of imidazole rings is 1. The summed E-state index contributed by atoms with van der Waals surface area (Å²) >= 11 is 0. The first kappa shape index (κ1) is 19.4. The third-order valence-electron chi connectivity index (χ3n) is 5.29. The van der Waals surface area contributed by atoms with Crippen molar-refractivity contribution in [3.63, 3.8) is 0 Å². The minimum atomic E-state index is -0.0378. The topological polar surface area (TPSA) is 70.0 Å². The van der Waals surface area contributed by atoms with Gasteiger partial charge in [-0.15, -0.1) is 0 Å². The highest BCUT2D eigenvalue weighted by molar-refractivity contribution is 5.94. The molecule has 2 amide bonds. The van der Waals surface area contributed by atoms with Crippen LogP contribution in [0.4, 0.5) is 0 Å². The Morgan fingerprint density at radius 3 is 2.93 bits per heavy atom. The zero-order valence-electron chi connectivity index (χ0n) is 16.4. The van der Waals surface area contributed by atoms with Crippen LogP contribution in [0.2, 0.25) is 0 Å². The van der Waals surface area contributed by atoms with Crippen LogP contribution in [0.25, 0.3) is 5.65 Å². The van der Waals surface area contributed by atoms with Gasteiger partial charge in [-0.05, 0) is 31.5 Å². The van der Waals surface area contributed by atoms with Gasteiger partial charge in [0.1, 0.15) is 5.65 Å². The molecular formula is C20H29N5O2. The maximum Gasteiger partial charge on any atom is 0.274 e. The van der Waals surface area contributed by atoms with Gasteiger partial charge in [0.15, 0.2) is 5.69 Å². The summed E-state index contributed by atoms with van der Waals surface area (Å²) in [4.78, 5) is 33.5. The fourth-order valence-electron chi connectivity index (χ4n) is 3.65. The van der Waals surface area contributed by atoms with E-state index >= 15 is 0 Å². The molecule has 146 valence electrons. The summed E-state index contributed by atoms with van der Waals surface area (Å²) in [5, 5.41) is 2.74. The maximum absolute atomic E-state index is 13.0. The summed E-state index contributed by atoms with van der Waals surface area (Å²) < 4.78 is 1.99. The summed E-state index contributed by atoms with van der Waals surface area (Å²) in [5.41, 5.74) is 2.20. The van der Waals surface area contributed by atoms with Gasteiger partial charge in [0.25, 0.3) is 5.91 Å². The van der Waals surface area contributed by atoms with Crippen LogP contribution in [0, 0.1) is 5.92 Å². The second-order valence-corrected chi connectivity index (χ2v) is 7.25. The number of carbonyl (C=O) groups is 2. The lowest BCUT2D eigenvalue weighted by Crippen LogP contribution is -2.31. The van der Waals surface area contributed by atoms with Gasteiger partial charge in [0.05, 0.1) is 11.6 Å². The summed E-state index contributed by atoms with van der Waals surface area (Å²) in [6.45, 7) is 5.01. The van der Waals surface area contributed by atoms with Crippen LogP contribution in [0.3, 0.4) is 0 Å². The van der Waals surface area contributed by atoms with Gasteiger partial charge in [0, 0.05) is 39.9 Å². The molecule has 1 aliphatic rings. The van der Waals surface area contributed by atoms with E-state index in [9.17, 15) is 9.59 Å². The number of hydrogen-bond acceptors (Lipinski definition) is 4. The van der Waals surface area contributed by atoms with Crippen LogP contribution in [0.5, 0.6) is 0 Å². The Kier molecular flexibility index (Phi) is 6.11.